The lowest BCUT2D eigenvalue weighted by Gasteiger charge is -2.15. The number of ether oxygens (including phenoxy) is 8. The molecule has 0 saturated heterocycles. The van der Waals surface area contributed by atoms with Gasteiger partial charge in [0.25, 0.3) is 0 Å². The van der Waals surface area contributed by atoms with Gasteiger partial charge < -0.3 is 37.9 Å². The number of hydrogen-bond donors (Lipinski definition) is 0. The Bertz CT molecular complexity index is 745. The van der Waals surface area contributed by atoms with E-state index in [1.807, 2.05) is 0 Å². The van der Waals surface area contributed by atoms with Crippen molar-refractivity contribution < 1.29 is 57.1 Å². The first-order chi connectivity index (χ1) is 18.4. The highest BCUT2D eigenvalue weighted by atomic mass is 16.6. The monoisotopic (exact) mass is 542 g/mol. The molecule has 0 spiro atoms. The summed E-state index contributed by atoms with van der Waals surface area (Å²) in [4.78, 5) is 51.6. The van der Waals surface area contributed by atoms with Crippen molar-refractivity contribution in [1.29, 1.82) is 0 Å². The van der Waals surface area contributed by atoms with Gasteiger partial charge in [0.1, 0.15) is 26.4 Å². The predicted octanol–water partition coefficient (Wildman–Crippen LogP) is 2.46. The molecule has 38 heavy (non-hydrogen) atoms. The topological polar surface area (TPSA) is 142 Å². The van der Waals surface area contributed by atoms with Crippen LogP contribution in [0.25, 0.3) is 0 Å². The van der Waals surface area contributed by atoms with E-state index in [2.05, 4.69) is 0 Å². The van der Waals surface area contributed by atoms with Gasteiger partial charge in [-0.2, -0.15) is 0 Å². The third-order valence-corrected chi connectivity index (χ3v) is 4.70. The van der Waals surface area contributed by atoms with Crippen molar-refractivity contribution >= 4 is 23.9 Å². The van der Waals surface area contributed by atoms with Crippen LogP contribution in [-0.4, -0.2) is 103 Å². The van der Waals surface area contributed by atoms with Crippen molar-refractivity contribution in [1.82, 2.24) is 0 Å². The number of carbonyl (C=O) groups is 4. The molecular weight excluding hydrogens is 504 g/mol. The summed E-state index contributed by atoms with van der Waals surface area (Å²) in [5.41, 5.74) is -1.15. The molecule has 12 nitrogen and oxygen atoms in total. The van der Waals surface area contributed by atoms with Crippen molar-refractivity contribution in [2.75, 3.05) is 79.3 Å². The Morgan fingerprint density at radius 1 is 0.421 bits per heavy atom. The highest BCUT2D eigenvalue weighted by Crippen LogP contribution is 2.22. The van der Waals surface area contributed by atoms with Crippen molar-refractivity contribution in [3.05, 3.63) is 34.4 Å². The molecule has 0 N–H and O–H groups in total. The highest BCUT2D eigenvalue weighted by molar-refractivity contribution is 6.10. The van der Waals surface area contributed by atoms with Crippen LogP contribution in [-0.2, 0) is 37.9 Å². The van der Waals surface area contributed by atoms with Crippen molar-refractivity contribution in [2.24, 2.45) is 0 Å². The van der Waals surface area contributed by atoms with Gasteiger partial charge in [-0.15, -0.1) is 0 Å². The van der Waals surface area contributed by atoms with Gasteiger partial charge in [-0.3, -0.25) is 0 Å². The molecule has 12 heteroatoms. The Morgan fingerprint density at radius 3 is 0.816 bits per heavy atom. The number of carbonyl (C=O) groups excluding carboxylic acids is 4. The first kappa shape index (κ1) is 33.0. The fourth-order valence-corrected chi connectivity index (χ4v) is 2.94. The second-order valence-corrected chi connectivity index (χ2v) is 7.27. The van der Waals surface area contributed by atoms with Gasteiger partial charge in [0.2, 0.25) is 0 Å². The maximum atomic E-state index is 12.9. The van der Waals surface area contributed by atoms with E-state index in [1.165, 1.54) is 0 Å². The lowest BCUT2D eigenvalue weighted by atomic mass is 9.98. The highest BCUT2D eigenvalue weighted by Gasteiger charge is 2.29. The minimum absolute atomic E-state index is 0.0964. The molecule has 214 valence electrons. The molecule has 0 aliphatic carbocycles. The summed E-state index contributed by atoms with van der Waals surface area (Å²) in [5.74, 6) is -3.66. The van der Waals surface area contributed by atoms with Crippen molar-refractivity contribution in [3.8, 4) is 0 Å². The zero-order valence-electron chi connectivity index (χ0n) is 22.5. The van der Waals surface area contributed by atoms with E-state index in [0.717, 1.165) is 12.1 Å². The fraction of sp³-hybridized carbons (Fsp3) is 0.615. The lowest BCUT2D eigenvalue weighted by molar-refractivity contribution is 0.0282. The maximum Gasteiger partial charge on any atom is 0.339 e. The number of benzene rings is 1. The van der Waals surface area contributed by atoms with E-state index in [0.29, 0.717) is 26.4 Å². The third-order valence-electron chi connectivity index (χ3n) is 4.70. The average molecular weight is 543 g/mol. The summed E-state index contributed by atoms with van der Waals surface area (Å²) < 4.78 is 41.5. The molecule has 0 aliphatic heterocycles. The Labute approximate surface area is 222 Å². The summed E-state index contributed by atoms with van der Waals surface area (Å²) in [7, 11) is 0. The van der Waals surface area contributed by atoms with Crippen molar-refractivity contribution in [3.63, 3.8) is 0 Å². The van der Waals surface area contributed by atoms with Crippen LogP contribution < -0.4 is 0 Å². The van der Waals surface area contributed by atoms with E-state index in [4.69, 9.17) is 37.9 Å². The van der Waals surface area contributed by atoms with E-state index < -0.39 is 23.9 Å². The molecule has 0 bridgehead atoms. The number of hydrogen-bond acceptors (Lipinski definition) is 12. The number of rotatable bonds is 20. The van der Waals surface area contributed by atoms with E-state index in [-0.39, 0.29) is 75.1 Å². The number of esters is 4. The molecule has 0 unspecified atom stereocenters. The molecule has 0 atom stereocenters. The molecule has 0 fully saturated rings. The van der Waals surface area contributed by atoms with Crippen molar-refractivity contribution in [2.45, 2.75) is 27.7 Å². The van der Waals surface area contributed by atoms with E-state index in [9.17, 15) is 19.2 Å². The molecule has 1 aromatic carbocycles. The zero-order chi connectivity index (χ0) is 28.2. The third kappa shape index (κ3) is 12.0. The summed E-state index contributed by atoms with van der Waals surface area (Å²) in [6.07, 6.45) is 0. The molecule has 0 aliphatic rings. The normalized spacial score (nSPS) is 10.6. The first-order valence-electron chi connectivity index (χ1n) is 12.6. The minimum atomic E-state index is -0.916. The second-order valence-electron chi connectivity index (χ2n) is 7.27. The molecule has 0 heterocycles. The van der Waals surface area contributed by atoms with Crippen LogP contribution in [0.1, 0.15) is 69.1 Å². The fourth-order valence-electron chi connectivity index (χ4n) is 2.94. The molecule has 0 aromatic heterocycles. The molecule has 0 radical (unpaired) electrons. The first-order valence-corrected chi connectivity index (χ1v) is 12.6. The van der Waals surface area contributed by atoms with Crippen LogP contribution in [0.3, 0.4) is 0 Å². The average Bonchev–Trinajstić information content (AvgIpc) is 2.92. The summed E-state index contributed by atoms with van der Waals surface area (Å²) in [5, 5.41) is 0. The van der Waals surface area contributed by atoms with E-state index >= 15 is 0 Å². The van der Waals surface area contributed by atoms with Gasteiger partial charge in [-0.1, -0.05) is 0 Å². The quantitative estimate of drug-likeness (QED) is 0.136. The Kier molecular flexibility index (Phi) is 17.3. The van der Waals surface area contributed by atoms with Crippen LogP contribution in [0.5, 0.6) is 0 Å². The Balaban J connectivity index is 3.39. The summed E-state index contributed by atoms with van der Waals surface area (Å²) >= 11 is 0. The van der Waals surface area contributed by atoms with Gasteiger partial charge >= 0.3 is 23.9 Å². The van der Waals surface area contributed by atoms with E-state index in [1.54, 1.807) is 27.7 Å². The molecule has 0 amide bonds. The van der Waals surface area contributed by atoms with Crippen LogP contribution in [0.4, 0.5) is 0 Å². The van der Waals surface area contributed by atoms with Gasteiger partial charge in [-0.05, 0) is 39.8 Å². The van der Waals surface area contributed by atoms with Crippen LogP contribution in [0, 0.1) is 0 Å². The maximum absolute atomic E-state index is 12.9. The summed E-state index contributed by atoms with van der Waals surface area (Å²) in [6, 6.07) is 2.12. The van der Waals surface area contributed by atoms with Gasteiger partial charge in [0.05, 0.1) is 48.7 Å². The lowest BCUT2D eigenvalue weighted by Crippen LogP contribution is -2.23. The Morgan fingerprint density at radius 2 is 0.632 bits per heavy atom. The molecule has 1 aromatic rings. The van der Waals surface area contributed by atoms with Crippen LogP contribution in [0.15, 0.2) is 12.1 Å². The minimum Gasteiger partial charge on any atom is -0.460 e. The SMILES string of the molecule is CCOCCOC(=O)c1cc(C(=O)OCCOCC)c(C(=O)OCCOCC)cc1C(=O)OCCOCC. The van der Waals surface area contributed by atoms with Crippen LogP contribution in [0.2, 0.25) is 0 Å². The second kappa shape index (κ2) is 20.0. The van der Waals surface area contributed by atoms with Gasteiger partial charge in [0, 0.05) is 26.4 Å². The smallest absolute Gasteiger partial charge is 0.339 e. The molecule has 1 rings (SSSR count). The standard InChI is InChI=1S/C26H38O12/c1-5-31-9-13-35-23(27)19-17-21(25(29)37-15-11-33-7-3)22(26(30)38-16-12-34-8-4)18-20(19)24(28)36-14-10-32-6-2/h17-18H,5-16H2,1-4H3. The summed E-state index contributed by atoms with van der Waals surface area (Å²) in [6.45, 7) is 8.98. The zero-order valence-corrected chi connectivity index (χ0v) is 22.5. The Hall–Kier alpha value is -3.06. The van der Waals surface area contributed by atoms with Gasteiger partial charge in [-0.25, -0.2) is 19.2 Å². The predicted molar refractivity (Wildman–Crippen MR) is 134 cm³/mol. The molecular formula is C26H38O12. The van der Waals surface area contributed by atoms with Crippen LogP contribution >= 0.6 is 0 Å². The largest absolute Gasteiger partial charge is 0.460 e. The van der Waals surface area contributed by atoms with Gasteiger partial charge in [0.15, 0.2) is 0 Å². The molecule has 0 saturated carbocycles.